The molecular formula is C13H15F2NO. The second-order valence-electron chi connectivity index (χ2n) is 4.42. The predicted molar refractivity (Wildman–Crippen MR) is 60.9 cm³/mol. The van der Waals surface area contributed by atoms with Crippen LogP contribution in [0.3, 0.4) is 0 Å². The first-order chi connectivity index (χ1) is 8.09. The fourth-order valence-electron chi connectivity index (χ4n) is 2.39. The van der Waals surface area contributed by atoms with Gasteiger partial charge in [-0.25, -0.2) is 8.78 Å². The molecule has 1 heterocycles. The highest BCUT2D eigenvalue weighted by Crippen LogP contribution is 2.28. The quantitative estimate of drug-likeness (QED) is 0.822. The first-order valence-electron chi connectivity index (χ1n) is 5.84. The van der Waals surface area contributed by atoms with Crippen molar-refractivity contribution in [3.63, 3.8) is 0 Å². The number of hydrogen-bond acceptors (Lipinski definition) is 2. The summed E-state index contributed by atoms with van der Waals surface area (Å²) in [6.07, 6.45) is 2.15. The molecule has 1 atom stereocenters. The van der Waals surface area contributed by atoms with Crippen molar-refractivity contribution in [3.05, 3.63) is 35.4 Å². The van der Waals surface area contributed by atoms with Gasteiger partial charge in [0.15, 0.2) is 5.78 Å². The molecule has 0 spiro atoms. The number of carbonyl (C=O) groups is 1. The maximum atomic E-state index is 13.6. The lowest BCUT2D eigenvalue weighted by Crippen LogP contribution is -2.47. The maximum Gasteiger partial charge on any atom is 0.185 e. The summed E-state index contributed by atoms with van der Waals surface area (Å²) >= 11 is 0. The van der Waals surface area contributed by atoms with E-state index in [4.69, 9.17) is 0 Å². The zero-order valence-electron chi connectivity index (χ0n) is 9.72. The van der Waals surface area contributed by atoms with E-state index in [0.717, 1.165) is 31.2 Å². The Morgan fingerprint density at radius 3 is 2.82 bits per heavy atom. The van der Waals surface area contributed by atoms with Crippen LogP contribution in [0.4, 0.5) is 8.78 Å². The fourth-order valence-corrected chi connectivity index (χ4v) is 2.39. The van der Waals surface area contributed by atoms with Crippen LogP contribution in [0.5, 0.6) is 0 Å². The molecule has 0 amide bonds. The highest BCUT2D eigenvalue weighted by atomic mass is 19.1. The van der Waals surface area contributed by atoms with E-state index in [-0.39, 0.29) is 11.3 Å². The molecule has 1 fully saturated rings. The molecule has 2 nitrogen and oxygen atoms in total. The molecule has 2 rings (SSSR count). The van der Waals surface area contributed by atoms with Gasteiger partial charge in [0.25, 0.3) is 0 Å². The molecular weight excluding hydrogens is 224 g/mol. The molecule has 1 N–H and O–H groups in total. The number of benzene rings is 1. The van der Waals surface area contributed by atoms with Crippen molar-refractivity contribution >= 4 is 5.78 Å². The number of halogens is 2. The normalized spacial score (nSPS) is 23.9. The van der Waals surface area contributed by atoms with Crippen molar-refractivity contribution in [2.24, 2.45) is 0 Å². The van der Waals surface area contributed by atoms with Crippen LogP contribution in [0.15, 0.2) is 18.2 Å². The molecule has 0 aliphatic carbocycles. The molecule has 92 valence electrons. The van der Waals surface area contributed by atoms with Crippen LogP contribution in [0, 0.1) is 11.6 Å². The summed E-state index contributed by atoms with van der Waals surface area (Å²) in [5, 5.41) is 3.13. The number of rotatable bonds is 3. The van der Waals surface area contributed by atoms with Crippen molar-refractivity contribution in [3.8, 4) is 0 Å². The summed E-state index contributed by atoms with van der Waals surface area (Å²) in [7, 11) is 0. The summed E-state index contributed by atoms with van der Waals surface area (Å²) in [6, 6.07) is 3.00. The number of carbonyl (C=O) groups excluding carboxylic acids is 1. The third kappa shape index (κ3) is 2.09. The molecule has 1 aromatic carbocycles. The van der Waals surface area contributed by atoms with E-state index < -0.39 is 17.2 Å². The van der Waals surface area contributed by atoms with Crippen LogP contribution in [0.25, 0.3) is 0 Å². The highest BCUT2D eigenvalue weighted by Gasteiger charge is 2.40. The molecule has 0 bridgehead atoms. The molecule has 0 radical (unpaired) electrons. The molecule has 1 saturated heterocycles. The summed E-state index contributed by atoms with van der Waals surface area (Å²) in [6.45, 7) is 2.63. The Balaban J connectivity index is 2.39. The summed E-state index contributed by atoms with van der Waals surface area (Å²) in [5.74, 6) is -1.58. The average molecular weight is 239 g/mol. The zero-order valence-corrected chi connectivity index (χ0v) is 9.72. The van der Waals surface area contributed by atoms with Gasteiger partial charge in [0.05, 0.1) is 11.1 Å². The van der Waals surface area contributed by atoms with Crippen LogP contribution in [-0.4, -0.2) is 17.9 Å². The lowest BCUT2D eigenvalue weighted by Gasteiger charge is -2.26. The zero-order chi connectivity index (χ0) is 12.5. The van der Waals surface area contributed by atoms with Crippen molar-refractivity contribution in [2.75, 3.05) is 6.54 Å². The lowest BCUT2D eigenvalue weighted by atomic mass is 9.85. The predicted octanol–water partition coefficient (Wildman–Crippen LogP) is 2.68. The number of Topliss-reactive ketones (excluding diaryl/α,β-unsaturated/α-hetero) is 1. The molecule has 1 unspecified atom stereocenters. The minimum Gasteiger partial charge on any atom is -0.305 e. The molecule has 1 aliphatic rings. The van der Waals surface area contributed by atoms with Gasteiger partial charge < -0.3 is 5.32 Å². The van der Waals surface area contributed by atoms with Gasteiger partial charge in [-0.15, -0.1) is 0 Å². The summed E-state index contributed by atoms with van der Waals surface area (Å²) < 4.78 is 26.6. The van der Waals surface area contributed by atoms with E-state index in [0.29, 0.717) is 12.8 Å². The number of nitrogens with one attached hydrogen (secondary N) is 1. The second kappa shape index (κ2) is 4.53. The van der Waals surface area contributed by atoms with E-state index in [1.165, 1.54) is 0 Å². The molecule has 1 aliphatic heterocycles. The van der Waals surface area contributed by atoms with Crippen LogP contribution in [0.2, 0.25) is 0 Å². The van der Waals surface area contributed by atoms with Gasteiger partial charge >= 0.3 is 0 Å². The number of ketones is 1. The van der Waals surface area contributed by atoms with Crippen LogP contribution < -0.4 is 5.32 Å². The topological polar surface area (TPSA) is 29.1 Å². The van der Waals surface area contributed by atoms with Crippen molar-refractivity contribution < 1.29 is 13.6 Å². The van der Waals surface area contributed by atoms with Crippen LogP contribution >= 0.6 is 0 Å². The average Bonchev–Trinajstić information content (AvgIpc) is 2.81. The van der Waals surface area contributed by atoms with E-state index in [9.17, 15) is 13.6 Å². The first kappa shape index (κ1) is 12.2. The third-order valence-electron chi connectivity index (χ3n) is 3.45. The van der Waals surface area contributed by atoms with Gasteiger partial charge in [0.1, 0.15) is 11.6 Å². The monoisotopic (exact) mass is 239 g/mol. The van der Waals surface area contributed by atoms with E-state index >= 15 is 0 Å². The SMILES string of the molecule is CCC1(C(=O)c2cc(F)ccc2F)CCCN1. The third-order valence-corrected chi connectivity index (χ3v) is 3.45. The van der Waals surface area contributed by atoms with Gasteiger partial charge in [-0.3, -0.25) is 4.79 Å². The Bertz CT molecular complexity index is 439. The Morgan fingerprint density at radius 1 is 1.47 bits per heavy atom. The summed E-state index contributed by atoms with van der Waals surface area (Å²) in [4.78, 5) is 12.3. The van der Waals surface area contributed by atoms with Gasteiger partial charge in [-0.05, 0) is 44.0 Å². The smallest absolute Gasteiger partial charge is 0.185 e. The largest absolute Gasteiger partial charge is 0.305 e. The lowest BCUT2D eigenvalue weighted by molar-refractivity contribution is 0.0859. The van der Waals surface area contributed by atoms with Crippen molar-refractivity contribution in [1.82, 2.24) is 5.32 Å². The molecule has 0 saturated carbocycles. The van der Waals surface area contributed by atoms with E-state index in [1.54, 1.807) is 0 Å². The number of hydrogen-bond donors (Lipinski definition) is 1. The Hall–Kier alpha value is -1.29. The molecule has 4 heteroatoms. The van der Waals surface area contributed by atoms with Gasteiger partial charge in [-0.1, -0.05) is 6.92 Å². The minimum absolute atomic E-state index is 0.152. The van der Waals surface area contributed by atoms with Crippen LogP contribution in [-0.2, 0) is 0 Å². The molecule has 1 aromatic rings. The minimum atomic E-state index is -0.714. The summed E-state index contributed by atoms with van der Waals surface area (Å²) in [5.41, 5.74) is -0.865. The van der Waals surface area contributed by atoms with Crippen LogP contribution in [0.1, 0.15) is 36.5 Å². The maximum absolute atomic E-state index is 13.6. The Labute approximate surface area is 99.0 Å². The second-order valence-corrected chi connectivity index (χ2v) is 4.42. The van der Waals surface area contributed by atoms with Crippen molar-refractivity contribution in [2.45, 2.75) is 31.7 Å². The van der Waals surface area contributed by atoms with Gasteiger partial charge in [-0.2, -0.15) is 0 Å². The van der Waals surface area contributed by atoms with E-state index in [1.807, 2.05) is 6.92 Å². The highest BCUT2D eigenvalue weighted by molar-refractivity contribution is 6.03. The first-order valence-corrected chi connectivity index (χ1v) is 5.84. The van der Waals surface area contributed by atoms with E-state index in [2.05, 4.69) is 5.32 Å². The van der Waals surface area contributed by atoms with Crippen molar-refractivity contribution in [1.29, 1.82) is 0 Å². The van der Waals surface area contributed by atoms with Gasteiger partial charge in [0.2, 0.25) is 0 Å². The molecule has 0 aromatic heterocycles. The van der Waals surface area contributed by atoms with Gasteiger partial charge in [0, 0.05) is 0 Å². The fraction of sp³-hybridized carbons (Fsp3) is 0.462. The Morgan fingerprint density at radius 2 is 2.24 bits per heavy atom. The Kier molecular flexibility index (Phi) is 3.24. The standard InChI is InChI=1S/C13H15F2NO/c1-2-13(6-3-7-16-13)12(17)10-8-9(14)4-5-11(10)15/h4-5,8,16H,2-3,6-7H2,1H3. The molecule has 17 heavy (non-hydrogen) atoms.